The molecule has 5 heteroatoms. The molecular weight excluding hydrogens is 269 g/mol. The van der Waals surface area contributed by atoms with E-state index in [4.69, 9.17) is 9.84 Å². The second kappa shape index (κ2) is 6.04. The molecule has 1 saturated carbocycles. The molecule has 1 aliphatic carbocycles. The third kappa shape index (κ3) is 3.26. The maximum Gasteiger partial charge on any atom is 0.416 e. The summed E-state index contributed by atoms with van der Waals surface area (Å²) in [6.45, 7) is 0.122. The first-order valence-electron chi connectivity index (χ1n) is 6.81. The number of alkyl halides is 3. The van der Waals surface area contributed by atoms with Gasteiger partial charge >= 0.3 is 6.18 Å². The minimum absolute atomic E-state index is 0.107. The normalized spacial score (nSPS) is 23.6. The summed E-state index contributed by atoms with van der Waals surface area (Å²) in [5.74, 6) is 0.577. The van der Waals surface area contributed by atoms with Crippen LogP contribution in [0.4, 0.5) is 13.2 Å². The van der Waals surface area contributed by atoms with Gasteiger partial charge in [0.2, 0.25) is 0 Å². The van der Waals surface area contributed by atoms with E-state index in [0.29, 0.717) is 24.2 Å². The van der Waals surface area contributed by atoms with Crippen molar-refractivity contribution in [1.82, 2.24) is 0 Å². The van der Waals surface area contributed by atoms with E-state index in [0.717, 1.165) is 18.9 Å². The van der Waals surface area contributed by atoms with Crippen LogP contribution in [0.25, 0.3) is 0 Å². The molecule has 1 aromatic rings. The van der Waals surface area contributed by atoms with E-state index in [2.05, 4.69) is 0 Å². The van der Waals surface area contributed by atoms with Crippen LogP contribution < -0.4 is 4.74 Å². The van der Waals surface area contributed by atoms with Crippen molar-refractivity contribution in [1.29, 1.82) is 0 Å². The zero-order chi connectivity index (χ0) is 14.8. The van der Waals surface area contributed by atoms with E-state index in [-0.39, 0.29) is 18.4 Å². The first-order valence-corrected chi connectivity index (χ1v) is 6.81. The topological polar surface area (TPSA) is 29.5 Å². The molecule has 0 amide bonds. The average Bonchev–Trinajstić information content (AvgIpc) is 2.45. The molecule has 20 heavy (non-hydrogen) atoms. The molecule has 112 valence electrons. The van der Waals surface area contributed by atoms with E-state index in [9.17, 15) is 13.2 Å². The summed E-state index contributed by atoms with van der Waals surface area (Å²) in [4.78, 5) is 0. The summed E-state index contributed by atoms with van der Waals surface area (Å²) in [5, 5.41) is 9.11. The van der Waals surface area contributed by atoms with E-state index < -0.39 is 11.7 Å². The lowest BCUT2D eigenvalue weighted by molar-refractivity contribution is -0.138. The monoisotopic (exact) mass is 288 g/mol. The van der Waals surface area contributed by atoms with Crippen LogP contribution >= 0.6 is 0 Å². The molecule has 1 aliphatic rings. The van der Waals surface area contributed by atoms with E-state index in [1.165, 1.54) is 19.2 Å². The van der Waals surface area contributed by atoms with Gasteiger partial charge in [-0.05, 0) is 61.3 Å². The molecule has 0 bridgehead atoms. The standard InChI is InChI=1S/C15H19F3O2/c1-20-12-6-7-14(15(16,17)18)13(8-12)11-4-2-10(9-19)3-5-11/h6-8,10-11,19H,2-5,9H2,1H3. The summed E-state index contributed by atoms with van der Waals surface area (Å²) < 4.78 is 44.4. The molecule has 0 atom stereocenters. The van der Waals surface area contributed by atoms with Crippen molar-refractivity contribution < 1.29 is 23.0 Å². The number of hydrogen-bond acceptors (Lipinski definition) is 2. The largest absolute Gasteiger partial charge is 0.497 e. The number of ether oxygens (including phenoxy) is 1. The molecule has 2 rings (SSSR count). The van der Waals surface area contributed by atoms with Gasteiger partial charge in [0, 0.05) is 6.61 Å². The van der Waals surface area contributed by atoms with Gasteiger partial charge in [0.15, 0.2) is 0 Å². The van der Waals surface area contributed by atoms with Crippen molar-refractivity contribution in [2.75, 3.05) is 13.7 Å². The van der Waals surface area contributed by atoms with Crippen LogP contribution in [-0.4, -0.2) is 18.8 Å². The summed E-state index contributed by atoms with van der Waals surface area (Å²) in [7, 11) is 1.45. The van der Waals surface area contributed by atoms with Crippen LogP contribution in [0.15, 0.2) is 18.2 Å². The minimum Gasteiger partial charge on any atom is -0.497 e. The van der Waals surface area contributed by atoms with Gasteiger partial charge in [-0.1, -0.05) is 0 Å². The van der Waals surface area contributed by atoms with Crippen molar-refractivity contribution in [2.24, 2.45) is 5.92 Å². The average molecular weight is 288 g/mol. The molecule has 0 heterocycles. The highest BCUT2D eigenvalue weighted by molar-refractivity contribution is 5.39. The van der Waals surface area contributed by atoms with Gasteiger partial charge in [-0.3, -0.25) is 0 Å². The highest BCUT2D eigenvalue weighted by atomic mass is 19.4. The Kier molecular flexibility index (Phi) is 4.58. The molecule has 2 nitrogen and oxygen atoms in total. The SMILES string of the molecule is COc1ccc(C(F)(F)F)c(C2CCC(CO)CC2)c1. The summed E-state index contributed by atoms with van der Waals surface area (Å²) in [5.41, 5.74) is -0.237. The molecule has 0 unspecified atom stereocenters. The Hall–Kier alpha value is -1.23. The Morgan fingerprint density at radius 1 is 1.20 bits per heavy atom. The van der Waals surface area contributed by atoms with Gasteiger partial charge in [0.1, 0.15) is 5.75 Å². The van der Waals surface area contributed by atoms with E-state index in [1.807, 2.05) is 0 Å². The fourth-order valence-electron chi connectivity index (χ4n) is 2.92. The fraction of sp³-hybridized carbons (Fsp3) is 0.600. The van der Waals surface area contributed by atoms with Gasteiger partial charge in [0.25, 0.3) is 0 Å². The Bertz CT molecular complexity index is 449. The quantitative estimate of drug-likeness (QED) is 0.911. The third-order valence-electron chi connectivity index (χ3n) is 4.11. The van der Waals surface area contributed by atoms with Crippen molar-refractivity contribution in [2.45, 2.75) is 37.8 Å². The van der Waals surface area contributed by atoms with Crippen LogP contribution in [0.1, 0.15) is 42.7 Å². The predicted octanol–water partition coefficient (Wildman–Crippen LogP) is 3.98. The zero-order valence-electron chi connectivity index (χ0n) is 11.4. The summed E-state index contributed by atoms with van der Waals surface area (Å²) in [6, 6.07) is 3.96. The fourth-order valence-corrected chi connectivity index (χ4v) is 2.92. The summed E-state index contributed by atoms with van der Waals surface area (Å²) in [6.07, 6.45) is -1.43. The molecule has 0 radical (unpaired) electrons. The molecular formula is C15H19F3O2. The number of aliphatic hydroxyl groups excluding tert-OH is 1. The first kappa shape index (κ1) is 15.2. The molecule has 0 aliphatic heterocycles. The molecule has 0 saturated heterocycles. The van der Waals surface area contributed by atoms with Crippen molar-refractivity contribution in [3.63, 3.8) is 0 Å². The number of rotatable bonds is 3. The Labute approximate surface area is 116 Å². The number of benzene rings is 1. The van der Waals surface area contributed by atoms with Crippen molar-refractivity contribution in [3.8, 4) is 5.75 Å². The summed E-state index contributed by atoms with van der Waals surface area (Å²) >= 11 is 0. The minimum atomic E-state index is -4.34. The third-order valence-corrected chi connectivity index (χ3v) is 4.11. The van der Waals surface area contributed by atoms with Gasteiger partial charge in [-0.15, -0.1) is 0 Å². The van der Waals surface area contributed by atoms with Crippen LogP contribution in [0.5, 0.6) is 5.75 Å². The Balaban J connectivity index is 2.29. The predicted molar refractivity (Wildman–Crippen MR) is 69.8 cm³/mol. The van der Waals surface area contributed by atoms with Crippen LogP contribution in [0, 0.1) is 5.92 Å². The Morgan fingerprint density at radius 2 is 1.85 bits per heavy atom. The lowest BCUT2D eigenvalue weighted by Crippen LogP contribution is -2.19. The lowest BCUT2D eigenvalue weighted by Gasteiger charge is -2.29. The highest BCUT2D eigenvalue weighted by Gasteiger charge is 2.36. The van der Waals surface area contributed by atoms with Gasteiger partial charge < -0.3 is 9.84 Å². The smallest absolute Gasteiger partial charge is 0.416 e. The first-order chi connectivity index (χ1) is 9.45. The van der Waals surface area contributed by atoms with Crippen LogP contribution in [0.3, 0.4) is 0 Å². The Morgan fingerprint density at radius 3 is 2.35 bits per heavy atom. The molecule has 1 N–H and O–H groups in total. The number of hydrogen-bond donors (Lipinski definition) is 1. The number of methoxy groups -OCH3 is 1. The molecule has 0 spiro atoms. The zero-order valence-corrected chi connectivity index (χ0v) is 11.4. The molecule has 0 aromatic heterocycles. The van der Waals surface area contributed by atoms with Crippen LogP contribution in [-0.2, 0) is 6.18 Å². The second-order valence-electron chi connectivity index (χ2n) is 5.35. The van der Waals surface area contributed by atoms with Crippen molar-refractivity contribution in [3.05, 3.63) is 29.3 Å². The molecule has 1 aromatic carbocycles. The maximum atomic E-state index is 13.1. The number of aliphatic hydroxyl groups is 1. The van der Waals surface area contributed by atoms with Crippen molar-refractivity contribution >= 4 is 0 Å². The number of halogens is 3. The second-order valence-corrected chi connectivity index (χ2v) is 5.35. The van der Waals surface area contributed by atoms with Crippen LogP contribution in [0.2, 0.25) is 0 Å². The van der Waals surface area contributed by atoms with Gasteiger partial charge in [0.05, 0.1) is 12.7 Å². The van der Waals surface area contributed by atoms with Gasteiger partial charge in [-0.25, -0.2) is 0 Å². The van der Waals surface area contributed by atoms with E-state index in [1.54, 1.807) is 0 Å². The van der Waals surface area contributed by atoms with Gasteiger partial charge in [-0.2, -0.15) is 13.2 Å². The lowest BCUT2D eigenvalue weighted by atomic mass is 9.77. The molecule has 1 fully saturated rings. The maximum absolute atomic E-state index is 13.1. The van der Waals surface area contributed by atoms with E-state index >= 15 is 0 Å². The highest BCUT2D eigenvalue weighted by Crippen LogP contribution is 2.43.